The van der Waals surface area contributed by atoms with Gasteiger partial charge in [0.1, 0.15) is 0 Å². The molecule has 0 aliphatic carbocycles. The molecule has 0 fully saturated rings. The second-order valence-corrected chi connectivity index (χ2v) is 7.83. The van der Waals surface area contributed by atoms with Crippen LogP contribution < -0.4 is 14.9 Å². The molecule has 2 rings (SSSR count). The zero-order chi connectivity index (χ0) is 18.4. The highest BCUT2D eigenvalue weighted by atomic mass is 35.5. The Morgan fingerprint density at radius 2 is 1.84 bits per heavy atom. The molecule has 0 atom stereocenters. The Bertz CT molecular complexity index is 841. The van der Waals surface area contributed by atoms with Crippen molar-refractivity contribution >= 4 is 39.0 Å². The maximum atomic E-state index is 12.0. The van der Waals surface area contributed by atoms with E-state index in [1.165, 1.54) is 4.31 Å². The zero-order valence-electron chi connectivity index (χ0n) is 14.0. The quantitative estimate of drug-likeness (QED) is 0.806. The molecule has 0 heterocycles. The summed E-state index contributed by atoms with van der Waals surface area (Å²) in [4.78, 5) is 11.9. The number of nitrogens with zero attached hydrogens (tertiary/aromatic N) is 1. The van der Waals surface area contributed by atoms with Gasteiger partial charge < -0.3 is 10.6 Å². The number of benzene rings is 2. The lowest BCUT2D eigenvalue weighted by Crippen LogP contribution is -2.39. The van der Waals surface area contributed by atoms with Crippen LogP contribution >= 0.6 is 11.6 Å². The van der Waals surface area contributed by atoms with Crippen molar-refractivity contribution in [3.63, 3.8) is 0 Å². The average molecular weight is 382 g/mol. The summed E-state index contributed by atoms with van der Waals surface area (Å²) in [5, 5.41) is 5.80. The highest BCUT2D eigenvalue weighted by molar-refractivity contribution is 7.92. The van der Waals surface area contributed by atoms with Crippen LogP contribution in [0.5, 0.6) is 0 Å². The second-order valence-electron chi connectivity index (χ2n) is 5.52. The lowest BCUT2D eigenvalue weighted by Gasteiger charge is -2.23. The molecule has 8 heteroatoms. The normalized spacial score (nSPS) is 11.0. The molecule has 6 nitrogen and oxygen atoms in total. The minimum Gasteiger partial charge on any atom is -0.336 e. The van der Waals surface area contributed by atoms with Crippen molar-refractivity contribution in [3.05, 3.63) is 59.1 Å². The van der Waals surface area contributed by atoms with Crippen LogP contribution in [0, 0.1) is 6.92 Å². The number of halogens is 1. The van der Waals surface area contributed by atoms with Gasteiger partial charge in [-0.25, -0.2) is 13.2 Å². The van der Waals surface area contributed by atoms with Crippen LogP contribution in [0.3, 0.4) is 0 Å². The van der Waals surface area contributed by atoms with Crippen molar-refractivity contribution in [3.8, 4) is 0 Å². The molecule has 0 aliphatic heterocycles. The van der Waals surface area contributed by atoms with Crippen LogP contribution in [0.1, 0.15) is 5.56 Å². The number of aryl methyl sites for hydroxylation is 1. The van der Waals surface area contributed by atoms with E-state index in [0.717, 1.165) is 11.8 Å². The number of para-hydroxylation sites is 1. The molecule has 134 valence electrons. The molecule has 0 unspecified atom stereocenters. The number of urea groups is 1. The van der Waals surface area contributed by atoms with Gasteiger partial charge in [-0.15, -0.1) is 0 Å². The van der Waals surface area contributed by atoms with Gasteiger partial charge in [-0.3, -0.25) is 4.31 Å². The molecule has 2 amide bonds. The lowest BCUT2D eigenvalue weighted by molar-refractivity contribution is 0.252. The van der Waals surface area contributed by atoms with E-state index >= 15 is 0 Å². The predicted octanol–water partition coefficient (Wildman–Crippen LogP) is 3.24. The molecule has 2 aromatic carbocycles. The maximum Gasteiger partial charge on any atom is 0.319 e. The Morgan fingerprint density at radius 1 is 1.16 bits per heavy atom. The molecule has 0 bridgehead atoms. The van der Waals surface area contributed by atoms with Crippen molar-refractivity contribution in [2.24, 2.45) is 0 Å². The second kappa shape index (κ2) is 8.22. The van der Waals surface area contributed by atoms with E-state index in [0.29, 0.717) is 16.4 Å². The van der Waals surface area contributed by atoms with E-state index in [2.05, 4.69) is 10.6 Å². The first-order valence-corrected chi connectivity index (χ1v) is 9.84. The van der Waals surface area contributed by atoms with E-state index in [9.17, 15) is 13.2 Å². The summed E-state index contributed by atoms with van der Waals surface area (Å²) in [7, 11) is -3.50. The highest BCUT2D eigenvalue weighted by Gasteiger charge is 2.18. The summed E-state index contributed by atoms with van der Waals surface area (Å²) in [5.41, 5.74) is 1.98. The van der Waals surface area contributed by atoms with Crippen molar-refractivity contribution < 1.29 is 13.2 Å². The predicted molar refractivity (Wildman–Crippen MR) is 102 cm³/mol. The Kier molecular flexibility index (Phi) is 6.27. The Morgan fingerprint density at radius 3 is 2.44 bits per heavy atom. The van der Waals surface area contributed by atoms with E-state index in [-0.39, 0.29) is 13.1 Å². The number of hydrogen-bond acceptors (Lipinski definition) is 3. The van der Waals surface area contributed by atoms with E-state index < -0.39 is 16.1 Å². The maximum absolute atomic E-state index is 12.0. The number of carbonyl (C=O) groups is 1. The van der Waals surface area contributed by atoms with Crippen LogP contribution in [0.15, 0.2) is 48.5 Å². The molecule has 25 heavy (non-hydrogen) atoms. The van der Waals surface area contributed by atoms with Gasteiger partial charge >= 0.3 is 6.03 Å². The number of amides is 2. The first-order valence-electron chi connectivity index (χ1n) is 7.61. The minimum atomic E-state index is -3.50. The van der Waals surface area contributed by atoms with Crippen molar-refractivity contribution in [2.45, 2.75) is 6.92 Å². The van der Waals surface area contributed by atoms with Crippen molar-refractivity contribution in [1.82, 2.24) is 5.32 Å². The number of carbonyl (C=O) groups excluding carboxylic acids is 1. The van der Waals surface area contributed by atoms with Gasteiger partial charge in [-0.2, -0.15) is 0 Å². The van der Waals surface area contributed by atoms with Crippen LogP contribution in [-0.2, 0) is 10.0 Å². The number of rotatable bonds is 6. The molecular weight excluding hydrogens is 362 g/mol. The van der Waals surface area contributed by atoms with Gasteiger partial charge in [0.2, 0.25) is 10.0 Å². The number of nitrogens with one attached hydrogen (secondary N) is 2. The zero-order valence-corrected chi connectivity index (χ0v) is 15.6. The highest BCUT2D eigenvalue weighted by Crippen LogP contribution is 2.24. The topological polar surface area (TPSA) is 78.5 Å². The monoisotopic (exact) mass is 381 g/mol. The molecule has 0 saturated heterocycles. The van der Waals surface area contributed by atoms with Crippen LogP contribution in [-0.4, -0.2) is 33.8 Å². The van der Waals surface area contributed by atoms with Gasteiger partial charge in [-0.1, -0.05) is 35.9 Å². The molecule has 0 spiro atoms. The van der Waals surface area contributed by atoms with Crippen molar-refractivity contribution in [2.75, 3.05) is 29.0 Å². The van der Waals surface area contributed by atoms with Gasteiger partial charge in [0.15, 0.2) is 0 Å². The average Bonchev–Trinajstić information content (AvgIpc) is 2.54. The van der Waals surface area contributed by atoms with Crippen LogP contribution in [0.4, 0.5) is 16.2 Å². The number of sulfonamides is 1. The molecule has 0 saturated carbocycles. The van der Waals surface area contributed by atoms with Crippen LogP contribution in [0.25, 0.3) is 0 Å². The Hall–Kier alpha value is -2.25. The largest absolute Gasteiger partial charge is 0.336 e. The SMILES string of the molecule is Cc1ccc(N(CCNC(=O)Nc2ccccc2)S(C)(=O)=O)cc1Cl. The summed E-state index contributed by atoms with van der Waals surface area (Å²) in [6.45, 7) is 2.09. The van der Waals surface area contributed by atoms with Crippen molar-refractivity contribution in [1.29, 1.82) is 0 Å². The number of anilines is 2. The summed E-state index contributed by atoms with van der Waals surface area (Å²) in [5.74, 6) is 0. The standard InChI is InChI=1S/C17H20ClN3O3S/c1-13-8-9-15(12-16(13)18)21(25(2,23)24)11-10-19-17(22)20-14-6-4-3-5-7-14/h3-9,12H,10-11H2,1-2H3,(H2,19,20,22). The lowest BCUT2D eigenvalue weighted by atomic mass is 10.2. The Balaban J connectivity index is 1.99. The van der Waals surface area contributed by atoms with E-state index in [1.54, 1.807) is 30.3 Å². The molecule has 2 N–H and O–H groups in total. The Labute approximate surface area is 152 Å². The van der Waals surface area contributed by atoms with E-state index in [4.69, 9.17) is 11.6 Å². The summed E-state index contributed by atoms with van der Waals surface area (Å²) in [6, 6.07) is 13.6. The minimum absolute atomic E-state index is 0.0977. The molecule has 0 radical (unpaired) electrons. The summed E-state index contributed by atoms with van der Waals surface area (Å²) < 4.78 is 25.3. The summed E-state index contributed by atoms with van der Waals surface area (Å²) in [6.07, 6.45) is 1.12. The van der Waals surface area contributed by atoms with Gasteiger partial charge in [0.05, 0.1) is 18.5 Å². The third-order valence-corrected chi connectivity index (χ3v) is 5.08. The first-order chi connectivity index (χ1) is 11.8. The smallest absolute Gasteiger partial charge is 0.319 e. The fourth-order valence-corrected chi connectivity index (χ4v) is 3.29. The number of hydrogen-bond donors (Lipinski definition) is 2. The summed E-state index contributed by atoms with van der Waals surface area (Å²) >= 11 is 6.08. The third kappa shape index (κ3) is 5.65. The van der Waals surface area contributed by atoms with E-state index in [1.807, 2.05) is 25.1 Å². The molecule has 0 aromatic heterocycles. The van der Waals surface area contributed by atoms with Gasteiger partial charge in [-0.05, 0) is 36.8 Å². The third-order valence-electron chi connectivity index (χ3n) is 3.48. The molecular formula is C17H20ClN3O3S. The fourth-order valence-electron chi connectivity index (χ4n) is 2.19. The molecule has 2 aromatic rings. The van der Waals surface area contributed by atoms with Crippen LogP contribution in [0.2, 0.25) is 5.02 Å². The van der Waals surface area contributed by atoms with Gasteiger partial charge in [0, 0.05) is 17.3 Å². The fraction of sp³-hybridized carbons (Fsp3) is 0.235. The first kappa shape index (κ1) is 19.1. The molecule has 0 aliphatic rings. The van der Waals surface area contributed by atoms with Gasteiger partial charge in [0.25, 0.3) is 0 Å².